The maximum atomic E-state index is 12.5. The Hall–Kier alpha value is -1.16. The third kappa shape index (κ3) is 1.10. The van der Waals surface area contributed by atoms with Crippen LogP contribution < -0.4 is 0 Å². The van der Waals surface area contributed by atoms with Crippen molar-refractivity contribution < 1.29 is 19.4 Å². The second-order valence-electron chi connectivity index (χ2n) is 7.29. The Morgan fingerprint density at radius 2 is 2.00 bits per heavy atom. The number of hydrogen-bond acceptors (Lipinski definition) is 4. The van der Waals surface area contributed by atoms with E-state index in [1.807, 2.05) is 6.92 Å². The molecule has 0 radical (unpaired) electrons. The summed E-state index contributed by atoms with van der Waals surface area (Å²) in [7, 11) is 0. The molecule has 1 spiro atoms. The van der Waals surface area contributed by atoms with Gasteiger partial charge in [-0.2, -0.15) is 0 Å². The minimum atomic E-state index is -1.19. The van der Waals surface area contributed by atoms with E-state index in [2.05, 4.69) is 0 Å². The van der Waals surface area contributed by atoms with Crippen molar-refractivity contribution in [3.05, 3.63) is 12.2 Å². The predicted molar refractivity (Wildman–Crippen MR) is 70.6 cm³/mol. The van der Waals surface area contributed by atoms with Crippen LogP contribution in [0.25, 0.3) is 0 Å². The molecule has 4 aliphatic rings. The number of rotatable bonds is 0. The van der Waals surface area contributed by atoms with Gasteiger partial charge in [-0.3, -0.25) is 9.59 Å². The molecule has 4 nitrogen and oxygen atoms in total. The summed E-state index contributed by atoms with van der Waals surface area (Å²) in [6.45, 7) is 3.77. The minimum Gasteiger partial charge on any atom is -0.460 e. The summed E-state index contributed by atoms with van der Waals surface area (Å²) >= 11 is 0. The molecule has 0 unspecified atom stereocenters. The van der Waals surface area contributed by atoms with Gasteiger partial charge in [0.15, 0.2) is 5.78 Å². The van der Waals surface area contributed by atoms with Gasteiger partial charge in [-0.25, -0.2) is 0 Å². The number of hydrogen-bond donors (Lipinski definition) is 1. The van der Waals surface area contributed by atoms with Gasteiger partial charge >= 0.3 is 5.97 Å². The van der Waals surface area contributed by atoms with Crippen LogP contribution in [0, 0.1) is 22.7 Å². The number of aliphatic hydroxyl groups is 1. The van der Waals surface area contributed by atoms with Gasteiger partial charge in [0.2, 0.25) is 0 Å². The molecule has 0 aromatic heterocycles. The summed E-state index contributed by atoms with van der Waals surface area (Å²) in [6, 6.07) is 0. The van der Waals surface area contributed by atoms with Crippen molar-refractivity contribution in [3.8, 4) is 0 Å². The SMILES string of the molecule is C[C@H]1CC[C@@H]2[C@@H](OC(=O)C23CC3)[C@]2(C)C(=O)C=C[C@@]12O. The zero-order chi connectivity index (χ0) is 14.3. The fourth-order valence-electron chi connectivity index (χ4n) is 4.85. The molecule has 0 amide bonds. The first-order chi connectivity index (χ1) is 9.36. The Bertz CT molecular complexity index is 547. The molecule has 4 rings (SSSR count). The molecule has 1 aliphatic heterocycles. The van der Waals surface area contributed by atoms with E-state index in [-0.39, 0.29) is 29.0 Å². The largest absolute Gasteiger partial charge is 0.460 e. The molecule has 0 aromatic rings. The number of allylic oxidation sites excluding steroid dienone is 1. The highest BCUT2D eigenvalue weighted by molar-refractivity contribution is 6.00. The van der Waals surface area contributed by atoms with Gasteiger partial charge in [0.1, 0.15) is 11.7 Å². The monoisotopic (exact) mass is 276 g/mol. The molecule has 3 aliphatic carbocycles. The Kier molecular flexibility index (Phi) is 2.11. The lowest BCUT2D eigenvalue weighted by Gasteiger charge is -2.43. The van der Waals surface area contributed by atoms with Crippen LogP contribution in [0.3, 0.4) is 0 Å². The quantitative estimate of drug-likeness (QED) is 0.683. The zero-order valence-corrected chi connectivity index (χ0v) is 11.9. The number of carbonyl (C=O) groups excluding carboxylic acids is 2. The smallest absolute Gasteiger partial charge is 0.312 e. The number of ether oxygens (including phenoxy) is 1. The molecule has 0 bridgehead atoms. The summed E-state index contributed by atoms with van der Waals surface area (Å²) in [5.41, 5.74) is -2.55. The lowest BCUT2D eigenvalue weighted by molar-refractivity contribution is -0.166. The highest BCUT2D eigenvalue weighted by Gasteiger charge is 2.73. The summed E-state index contributed by atoms with van der Waals surface area (Å²) in [6.07, 6.45) is 6.06. The van der Waals surface area contributed by atoms with E-state index in [1.165, 1.54) is 6.08 Å². The van der Waals surface area contributed by atoms with Crippen LogP contribution in [0.15, 0.2) is 12.2 Å². The molecule has 1 N–H and O–H groups in total. The standard InChI is InChI=1S/C16H20O4/c1-9-3-4-10-12(20-13(18)15(10)7-8-15)14(2)11(17)5-6-16(9,14)19/h5-6,9-10,12,19H,3-4,7-8H2,1-2H3/t9-,10+,12+,14-,16+/m0/s1. The van der Waals surface area contributed by atoms with Crippen molar-refractivity contribution in [2.45, 2.75) is 51.2 Å². The van der Waals surface area contributed by atoms with Crippen LogP contribution in [0.4, 0.5) is 0 Å². The van der Waals surface area contributed by atoms with Crippen molar-refractivity contribution in [2.75, 3.05) is 0 Å². The minimum absolute atomic E-state index is 0.00435. The second kappa shape index (κ2) is 3.35. The van der Waals surface area contributed by atoms with Crippen LogP contribution in [0.2, 0.25) is 0 Å². The molecule has 1 heterocycles. The van der Waals surface area contributed by atoms with Crippen molar-refractivity contribution >= 4 is 11.8 Å². The van der Waals surface area contributed by atoms with Crippen LogP contribution in [-0.4, -0.2) is 28.6 Å². The van der Waals surface area contributed by atoms with Crippen molar-refractivity contribution in [2.24, 2.45) is 22.7 Å². The van der Waals surface area contributed by atoms with Crippen LogP contribution in [0.5, 0.6) is 0 Å². The van der Waals surface area contributed by atoms with E-state index < -0.39 is 17.1 Å². The summed E-state index contributed by atoms with van der Waals surface area (Å²) in [5.74, 6) is -0.171. The van der Waals surface area contributed by atoms with Crippen molar-refractivity contribution in [3.63, 3.8) is 0 Å². The average molecular weight is 276 g/mol. The van der Waals surface area contributed by atoms with E-state index in [0.29, 0.717) is 0 Å². The van der Waals surface area contributed by atoms with Gasteiger partial charge < -0.3 is 9.84 Å². The van der Waals surface area contributed by atoms with Crippen LogP contribution in [-0.2, 0) is 14.3 Å². The maximum Gasteiger partial charge on any atom is 0.312 e. The predicted octanol–water partition coefficient (Wildman–Crippen LogP) is 1.61. The number of carbonyl (C=O) groups is 2. The van der Waals surface area contributed by atoms with E-state index in [1.54, 1.807) is 13.0 Å². The van der Waals surface area contributed by atoms with Gasteiger partial charge in [-0.05, 0) is 50.7 Å². The molecule has 4 heteroatoms. The number of esters is 1. The molecule has 108 valence electrons. The zero-order valence-electron chi connectivity index (χ0n) is 11.9. The molecule has 2 saturated carbocycles. The van der Waals surface area contributed by atoms with Crippen LogP contribution >= 0.6 is 0 Å². The molecule has 1 saturated heterocycles. The first kappa shape index (κ1) is 12.6. The van der Waals surface area contributed by atoms with E-state index in [9.17, 15) is 14.7 Å². The average Bonchev–Trinajstić information content (AvgIpc) is 3.12. The third-order valence-corrected chi connectivity index (χ3v) is 6.57. The Labute approximate surface area is 118 Å². The number of ketones is 1. The Balaban J connectivity index is 1.87. The van der Waals surface area contributed by atoms with E-state index >= 15 is 0 Å². The molecule has 20 heavy (non-hydrogen) atoms. The topological polar surface area (TPSA) is 63.6 Å². The highest BCUT2D eigenvalue weighted by atomic mass is 16.6. The van der Waals surface area contributed by atoms with Crippen molar-refractivity contribution in [1.29, 1.82) is 0 Å². The lowest BCUT2D eigenvalue weighted by atomic mass is 9.64. The maximum absolute atomic E-state index is 12.5. The lowest BCUT2D eigenvalue weighted by Crippen LogP contribution is -2.56. The molecule has 3 fully saturated rings. The van der Waals surface area contributed by atoms with E-state index in [4.69, 9.17) is 4.74 Å². The highest BCUT2D eigenvalue weighted by Crippen LogP contribution is 2.66. The summed E-state index contributed by atoms with van der Waals surface area (Å²) < 4.78 is 5.66. The molecular formula is C16H20O4. The molecular weight excluding hydrogens is 256 g/mol. The van der Waals surface area contributed by atoms with Gasteiger partial charge in [-0.15, -0.1) is 0 Å². The normalized spacial score (nSPS) is 51.6. The third-order valence-electron chi connectivity index (χ3n) is 6.57. The summed E-state index contributed by atoms with van der Waals surface area (Å²) in [4.78, 5) is 24.7. The fourth-order valence-corrected chi connectivity index (χ4v) is 4.85. The Morgan fingerprint density at radius 1 is 1.30 bits per heavy atom. The Morgan fingerprint density at radius 3 is 2.65 bits per heavy atom. The first-order valence-corrected chi connectivity index (χ1v) is 7.53. The van der Waals surface area contributed by atoms with Gasteiger partial charge in [0.05, 0.1) is 10.8 Å². The van der Waals surface area contributed by atoms with Crippen LogP contribution in [0.1, 0.15) is 39.5 Å². The first-order valence-electron chi connectivity index (χ1n) is 7.53. The molecule has 5 atom stereocenters. The fraction of sp³-hybridized carbons (Fsp3) is 0.750. The van der Waals surface area contributed by atoms with Gasteiger partial charge in [-0.1, -0.05) is 6.92 Å². The second-order valence-corrected chi connectivity index (χ2v) is 7.29. The molecule has 0 aromatic carbocycles. The number of fused-ring (bicyclic) bond motifs is 4. The van der Waals surface area contributed by atoms with Crippen molar-refractivity contribution in [1.82, 2.24) is 0 Å². The van der Waals surface area contributed by atoms with E-state index in [0.717, 1.165) is 25.7 Å². The summed E-state index contributed by atoms with van der Waals surface area (Å²) in [5, 5.41) is 11.1. The van der Waals surface area contributed by atoms with Gasteiger partial charge in [0, 0.05) is 5.92 Å². The van der Waals surface area contributed by atoms with Gasteiger partial charge in [0.25, 0.3) is 0 Å².